The van der Waals surface area contributed by atoms with Crippen LogP contribution in [0.1, 0.15) is 23.8 Å². The molecular formula is C16H18N2O2. The molecule has 104 valence electrons. The van der Waals surface area contributed by atoms with E-state index < -0.39 is 0 Å². The lowest BCUT2D eigenvalue weighted by atomic mass is 10.1. The summed E-state index contributed by atoms with van der Waals surface area (Å²) >= 11 is 0. The maximum atomic E-state index is 12.5. The molecule has 1 amide bonds. The number of morpholine rings is 1. The van der Waals surface area contributed by atoms with Crippen LogP contribution in [0, 0.1) is 0 Å². The molecule has 1 aromatic heterocycles. The van der Waals surface area contributed by atoms with Crippen LogP contribution in [0.4, 0.5) is 0 Å². The topological polar surface area (TPSA) is 42.4 Å². The fraction of sp³-hybridized carbons (Fsp3) is 0.375. The van der Waals surface area contributed by atoms with Gasteiger partial charge in [-0.05, 0) is 18.6 Å². The van der Waals surface area contributed by atoms with Gasteiger partial charge in [-0.1, -0.05) is 31.2 Å². The van der Waals surface area contributed by atoms with Gasteiger partial charge in [0.05, 0.1) is 18.2 Å². The summed E-state index contributed by atoms with van der Waals surface area (Å²) < 4.78 is 5.60. The largest absolute Gasteiger partial charge is 0.375 e. The van der Waals surface area contributed by atoms with Crippen molar-refractivity contribution in [2.75, 3.05) is 19.7 Å². The molecule has 2 aromatic rings. The normalized spacial score (nSPS) is 19.2. The van der Waals surface area contributed by atoms with Crippen LogP contribution in [0.15, 0.2) is 36.4 Å². The van der Waals surface area contributed by atoms with Crippen LogP contribution in [0.2, 0.25) is 0 Å². The molecule has 1 aliphatic heterocycles. The lowest BCUT2D eigenvalue weighted by molar-refractivity contribution is -0.0228. The Kier molecular flexibility index (Phi) is 3.65. The maximum Gasteiger partial charge on any atom is 0.272 e. The van der Waals surface area contributed by atoms with Crippen molar-refractivity contribution in [1.82, 2.24) is 9.88 Å². The highest BCUT2D eigenvalue weighted by Gasteiger charge is 2.24. The van der Waals surface area contributed by atoms with Crippen molar-refractivity contribution in [2.24, 2.45) is 0 Å². The van der Waals surface area contributed by atoms with E-state index in [0.29, 0.717) is 25.4 Å². The van der Waals surface area contributed by atoms with Crippen LogP contribution < -0.4 is 0 Å². The Balaban J connectivity index is 1.84. The van der Waals surface area contributed by atoms with E-state index in [-0.39, 0.29) is 12.0 Å². The Morgan fingerprint density at radius 2 is 2.20 bits per heavy atom. The molecule has 2 heterocycles. The lowest BCUT2D eigenvalue weighted by Gasteiger charge is -2.32. The summed E-state index contributed by atoms with van der Waals surface area (Å²) in [5, 5.41) is 1.05. The second-order valence-electron chi connectivity index (χ2n) is 5.04. The first kappa shape index (κ1) is 13.1. The first-order chi connectivity index (χ1) is 9.78. The summed E-state index contributed by atoms with van der Waals surface area (Å²) in [5.41, 5.74) is 1.37. The quantitative estimate of drug-likeness (QED) is 0.842. The third-order valence-corrected chi connectivity index (χ3v) is 3.70. The maximum absolute atomic E-state index is 12.5. The number of ether oxygens (including phenoxy) is 1. The van der Waals surface area contributed by atoms with Gasteiger partial charge < -0.3 is 9.64 Å². The summed E-state index contributed by atoms with van der Waals surface area (Å²) in [6, 6.07) is 11.6. The van der Waals surface area contributed by atoms with Crippen LogP contribution in [0.5, 0.6) is 0 Å². The van der Waals surface area contributed by atoms with E-state index in [1.807, 2.05) is 35.2 Å². The molecule has 3 rings (SSSR count). The average molecular weight is 270 g/mol. The van der Waals surface area contributed by atoms with Gasteiger partial charge >= 0.3 is 0 Å². The van der Waals surface area contributed by atoms with Gasteiger partial charge in [0, 0.05) is 18.5 Å². The second-order valence-corrected chi connectivity index (χ2v) is 5.04. The molecular weight excluding hydrogens is 252 g/mol. The Hall–Kier alpha value is -1.94. The second kappa shape index (κ2) is 5.59. The molecule has 1 atom stereocenters. The molecule has 1 unspecified atom stereocenters. The van der Waals surface area contributed by atoms with E-state index in [9.17, 15) is 4.79 Å². The van der Waals surface area contributed by atoms with Gasteiger partial charge in [-0.15, -0.1) is 0 Å². The van der Waals surface area contributed by atoms with Crippen molar-refractivity contribution in [3.8, 4) is 0 Å². The molecule has 0 aliphatic carbocycles. The highest BCUT2D eigenvalue weighted by Crippen LogP contribution is 2.15. The number of hydrogen-bond acceptors (Lipinski definition) is 3. The molecule has 0 radical (unpaired) electrons. The zero-order chi connectivity index (χ0) is 13.9. The molecule has 4 nitrogen and oxygen atoms in total. The average Bonchev–Trinajstić information content (AvgIpc) is 2.53. The number of amides is 1. The SMILES string of the molecule is CCC1CN(C(=O)c2ccc3ccccc3n2)CCO1. The number of para-hydroxylation sites is 1. The third-order valence-electron chi connectivity index (χ3n) is 3.70. The number of benzene rings is 1. The minimum Gasteiger partial charge on any atom is -0.375 e. The van der Waals surface area contributed by atoms with Crippen LogP contribution in [-0.4, -0.2) is 41.6 Å². The standard InChI is InChI=1S/C16H18N2O2/c1-2-13-11-18(9-10-20-13)16(19)15-8-7-12-5-3-4-6-14(12)17-15/h3-8,13H,2,9-11H2,1H3. The van der Waals surface area contributed by atoms with E-state index >= 15 is 0 Å². The fourth-order valence-corrected chi connectivity index (χ4v) is 2.50. The van der Waals surface area contributed by atoms with Gasteiger partial charge in [0.1, 0.15) is 5.69 Å². The number of rotatable bonds is 2. The van der Waals surface area contributed by atoms with Crippen molar-refractivity contribution in [2.45, 2.75) is 19.4 Å². The number of fused-ring (bicyclic) bond motifs is 1. The highest BCUT2D eigenvalue weighted by molar-refractivity contribution is 5.95. The Morgan fingerprint density at radius 3 is 3.05 bits per heavy atom. The Labute approximate surface area is 118 Å². The van der Waals surface area contributed by atoms with Crippen LogP contribution in [-0.2, 0) is 4.74 Å². The van der Waals surface area contributed by atoms with Gasteiger partial charge in [0.15, 0.2) is 0 Å². The molecule has 0 N–H and O–H groups in total. The number of hydrogen-bond donors (Lipinski definition) is 0. The zero-order valence-electron chi connectivity index (χ0n) is 11.6. The van der Waals surface area contributed by atoms with Crippen molar-refractivity contribution in [3.05, 3.63) is 42.1 Å². The Morgan fingerprint density at radius 1 is 1.35 bits per heavy atom. The number of pyridine rings is 1. The first-order valence-corrected chi connectivity index (χ1v) is 7.04. The van der Waals surface area contributed by atoms with Gasteiger partial charge in [-0.3, -0.25) is 4.79 Å². The summed E-state index contributed by atoms with van der Waals surface area (Å²) in [6.07, 6.45) is 1.07. The molecule has 1 fully saturated rings. The predicted octanol–water partition coefficient (Wildman–Crippen LogP) is 2.49. The van der Waals surface area contributed by atoms with E-state index in [0.717, 1.165) is 17.3 Å². The van der Waals surface area contributed by atoms with Gasteiger partial charge in [0.2, 0.25) is 0 Å². The van der Waals surface area contributed by atoms with Crippen LogP contribution in [0.25, 0.3) is 10.9 Å². The number of nitrogens with zero attached hydrogens (tertiary/aromatic N) is 2. The van der Waals surface area contributed by atoms with Gasteiger partial charge in [-0.2, -0.15) is 0 Å². The Bertz CT molecular complexity index is 627. The molecule has 20 heavy (non-hydrogen) atoms. The van der Waals surface area contributed by atoms with Crippen molar-refractivity contribution >= 4 is 16.8 Å². The number of carbonyl (C=O) groups is 1. The summed E-state index contributed by atoms with van der Waals surface area (Å²) in [4.78, 5) is 18.8. The van der Waals surface area contributed by atoms with Crippen molar-refractivity contribution < 1.29 is 9.53 Å². The van der Waals surface area contributed by atoms with Crippen LogP contribution >= 0.6 is 0 Å². The molecule has 0 saturated carbocycles. The molecule has 1 saturated heterocycles. The summed E-state index contributed by atoms with van der Waals surface area (Å²) in [6.45, 7) is 3.98. The number of aromatic nitrogens is 1. The molecule has 0 spiro atoms. The van der Waals surface area contributed by atoms with E-state index in [1.54, 1.807) is 6.07 Å². The van der Waals surface area contributed by atoms with E-state index in [4.69, 9.17) is 4.74 Å². The summed E-state index contributed by atoms with van der Waals surface area (Å²) in [5.74, 6) is -0.00231. The monoisotopic (exact) mass is 270 g/mol. The van der Waals surface area contributed by atoms with Gasteiger partial charge in [-0.25, -0.2) is 4.98 Å². The molecule has 1 aliphatic rings. The van der Waals surface area contributed by atoms with Crippen LogP contribution in [0.3, 0.4) is 0 Å². The predicted molar refractivity (Wildman–Crippen MR) is 77.7 cm³/mol. The minimum atomic E-state index is -0.00231. The first-order valence-electron chi connectivity index (χ1n) is 7.04. The van der Waals surface area contributed by atoms with E-state index in [1.165, 1.54) is 0 Å². The molecule has 0 bridgehead atoms. The highest BCUT2D eigenvalue weighted by atomic mass is 16.5. The summed E-state index contributed by atoms with van der Waals surface area (Å²) in [7, 11) is 0. The minimum absolute atomic E-state index is 0.00231. The third kappa shape index (κ3) is 2.51. The number of carbonyl (C=O) groups excluding carboxylic acids is 1. The van der Waals surface area contributed by atoms with Crippen molar-refractivity contribution in [3.63, 3.8) is 0 Å². The zero-order valence-corrected chi connectivity index (χ0v) is 11.6. The molecule has 1 aromatic carbocycles. The van der Waals surface area contributed by atoms with Crippen molar-refractivity contribution in [1.29, 1.82) is 0 Å². The van der Waals surface area contributed by atoms with Gasteiger partial charge in [0.25, 0.3) is 5.91 Å². The molecule has 4 heteroatoms. The van der Waals surface area contributed by atoms with E-state index in [2.05, 4.69) is 11.9 Å². The fourth-order valence-electron chi connectivity index (χ4n) is 2.50. The smallest absolute Gasteiger partial charge is 0.272 e. The lowest BCUT2D eigenvalue weighted by Crippen LogP contribution is -2.45.